The van der Waals surface area contributed by atoms with Gasteiger partial charge in [0.2, 0.25) is 0 Å². The third-order valence-corrected chi connectivity index (χ3v) is 4.18. The van der Waals surface area contributed by atoms with Crippen molar-refractivity contribution in [3.05, 3.63) is 57.8 Å². The van der Waals surface area contributed by atoms with Crippen LogP contribution in [-0.2, 0) is 12.8 Å². The van der Waals surface area contributed by atoms with Crippen LogP contribution in [0.5, 0.6) is 0 Å². The lowest BCUT2D eigenvalue weighted by molar-refractivity contribution is 0.628. The quantitative estimate of drug-likeness (QED) is 0.925. The van der Waals surface area contributed by atoms with Crippen molar-refractivity contribution in [2.45, 2.75) is 12.8 Å². The third kappa shape index (κ3) is 2.45. The molecular formula is C16H16BrFN2. The number of nitrogens with zero attached hydrogens (tertiary/aromatic N) is 1. The highest BCUT2D eigenvalue weighted by Gasteiger charge is 2.22. The van der Waals surface area contributed by atoms with Gasteiger partial charge >= 0.3 is 0 Å². The van der Waals surface area contributed by atoms with Gasteiger partial charge in [-0.1, -0.05) is 22.0 Å². The first-order valence-electron chi connectivity index (χ1n) is 6.73. The number of nitrogens with two attached hydrogens (primary N) is 1. The molecule has 104 valence electrons. The Bertz CT molecular complexity index is 642. The summed E-state index contributed by atoms with van der Waals surface area (Å²) in [5.41, 5.74) is 10.2. The van der Waals surface area contributed by atoms with Crippen molar-refractivity contribution in [2.24, 2.45) is 5.73 Å². The topological polar surface area (TPSA) is 29.3 Å². The Balaban J connectivity index is 2.05. The lowest BCUT2D eigenvalue weighted by Crippen LogP contribution is -2.16. The Morgan fingerprint density at radius 1 is 1.15 bits per heavy atom. The Morgan fingerprint density at radius 3 is 2.80 bits per heavy atom. The van der Waals surface area contributed by atoms with Crippen LogP contribution in [0.4, 0.5) is 15.8 Å². The molecule has 0 spiro atoms. The summed E-state index contributed by atoms with van der Waals surface area (Å²) >= 11 is 3.50. The Hall–Kier alpha value is -1.39. The van der Waals surface area contributed by atoms with Gasteiger partial charge in [-0.15, -0.1) is 0 Å². The molecule has 0 saturated heterocycles. The summed E-state index contributed by atoms with van der Waals surface area (Å²) in [6, 6.07) is 11.2. The first-order valence-corrected chi connectivity index (χ1v) is 7.53. The zero-order valence-electron chi connectivity index (χ0n) is 11.1. The maximum absolute atomic E-state index is 13.5. The number of rotatable bonds is 3. The van der Waals surface area contributed by atoms with Gasteiger partial charge in [0.05, 0.1) is 0 Å². The molecule has 0 aromatic heterocycles. The molecule has 3 rings (SSSR count). The summed E-state index contributed by atoms with van der Waals surface area (Å²) in [6.45, 7) is 1.49. The normalized spacial score (nSPS) is 13.7. The van der Waals surface area contributed by atoms with Gasteiger partial charge in [-0.2, -0.15) is 0 Å². The molecule has 20 heavy (non-hydrogen) atoms. The van der Waals surface area contributed by atoms with E-state index >= 15 is 0 Å². The summed E-state index contributed by atoms with van der Waals surface area (Å²) < 4.78 is 14.6. The molecule has 1 aliphatic heterocycles. The standard InChI is InChI=1S/C16H16BrFN2/c17-13-2-4-15(12(9-13)5-7-19)20-8-6-11-1-3-14(18)10-16(11)20/h1-4,9-10H,5-8,19H2. The highest BCUT2D eigenvalue weighted by molar-refractivity contribution is 9.10. The van der Waals surface area contributed by atoms with Gasteiger partial charge in [-0.3, -0.25) is 0 Å². The van der Waals surface area contributed by atoms with Gasteiger partial charge in [0.15, 0.2) is 0 Å². The summed E-state index contributed by atoms with van der Waals surface area (Å²) in [5.74, 6) is -0.187. The van der Waals surface area contributed by atoms with Crippen molar-refractivity contribution >= 4 is 27.3 Å². The maximum atomic E-state index is 13.5. The molecule has 2 aromatic rings. The van der Waals surface area contributed by atoms with E-state index in [0.717, 1.165) is 35.2 Å². The van der Waals surface area contributed by atoms with Crippen LogP contribution in [0.3, 0.4) is 0 Å². The fraction of sp³-hybridized carbons (Fsp3) is 0.250. The van der Waals surface area contributed by atoms with E-state index in [9.17, 15) is 4.39 Å². The molecule has 4 heteroatoms. The van der Waals surface area contributed by atoms with Gasteiger partial charge in [0.1, 0.15) is 5.82 Å². The van der Waals surface area contributed by atoms with Gasteiger partial charge in [-0.05, 0) is 60.8 Å². The minimum absolute atomic E-state index is 0.187. The second-order valence-electron chi connectivity index (χ2n) is 4.99. The molecule has 0 radical (unpaired) electrons. The van der Waals surface area contributed by atoms with E-state index in [0.29, 0.717) is 6.54 Å². The number of fused-ring (bicyclic) bond motifs is 1. The van der Waals surface area contributed by atoms with Crippen LogP contribution in [0.2, 0.25) is 0 Å². The highest BCUT2D eigenvalue weighted by Crippen LogP contribution is 2.37. The molecule has 0 unspecified atom stereocenters. The summed E-state index contributed by atoms with van der Waals surface area (Å²) in [5, 5.41) is 0. The van der Waals surface area contributed by atoms with Crippen LogP contribution in [0, 0.1) is 5.82 Å². The third-order valence-electron chi connectivity index (χ3n) is 3.69. The Morgan fingerprint density at radius 2 is 2.00 bits per heavy atom. The van der Waals surface area contributed by atoms with Gasteiger partial charge in [0.25, 0.3) is 0 Å². The number of hydrogen-bond acceptors (Lipinski definition) is 2. The Kier molecular flexibility index (Phi) is 3.76. The highest BCUT2D eigenvalue weighted by atomic mass is 79.9. The molecule has 2 N–H and O–H groups in total. The van der Waals surface area contributed by atoms with Crippen molar-refractivity contribution in [2.75, 3.05) is 18.0 Å². The van der Waals surface area contributed by atoms with Crippen LogP contribution >= 0.6 is 15.9 Å². The van der Waals surface area contributed by atoms with Crippen LogP contribution in [0.15, 0.2) is 40.9 Å². The van der Waals surface area contributed by atoms with E-state index in [1.165, 1.54) is 17.2 Å². The van der Waals surface area contributed by atoms with Gasteiger partial charge < -0.3 is 10.6 Å². The van der Waals surface area contributed by atoms with Crippen molar-refractivity contribution in [1.29, 1.82) is 0 Å². The second-order valence-corrected chi connectivity index (χ2v) is 5.90. The first-order chi connectivity index (χ1) is 9.69. The monoisotopic (exact) mass is 334 g/mol. The van der Waals surface area contributed by atoms with Crippen LogP contribution in [0.25, 0.3) is 0 Å². The maximum Gasteiger partial charge on any atom is 0.125 e. The molecular weight excluding hydrogens is 319 g/mol. The van der Waals surface area contributed by atoms with Crippen LogP contribution in [0.1, 0.15) is 11.1 Å². The number of halogens is 2. The molecule has 0 saturated carbocycles. The fourth-order valence-corrected chi connectivity index (χ4v) is 3.18. The smallest absolute Gasteiger partial charge is 0.125 e. The zero-order valence-corrected chi connectivity index (χ0v) is 12.7. The van der Waals surface area contributed by atoms with E-state index < -0.39 is 0 Å². The van der Waals surface area contributed by atoms with E-state index in [1.807, 2.05) is 12.1 Å². The largest absolute Gasteiger partial charge is 0.341 e. The number of anilines is 2. The SMILES string of the molecule is NCCc1cc(Br)ccc1N1CCc2ccc(F)cc21. The number of benzene rings is 2. The average Bonchev–Trinajstić information content (AvgIpc) is 2.82. The fourth-order valence-electron chi connectivity index (χ4n) is 2.78. The first kappa shape index (κ1) is 13.6. The minimum Gasteiger partial charge on any atom is -0.341 e. The van der Waals surface area contributed by atoms with E-state index in [-0.39, 0.29) is 5.82 Å². The van der Waals surface area contributed by atoms with Crippen molar-refractivity contribution in [1.82, 2.24) is 0 Å². The van der Waals surface area contributed by atoms with Gasteiger partial charge in [0, 0.05) is 22.4 Å². The zero-order chi connectivity index (χ0) is 14.1. The van der Waals surface area contributed by atoms with Crippen molar-refractivity contribution < 1.29 is 4.39 Å². The summed E-state index contributed by atoms with van der Waals surface area (Å²) in [7, 11) is 0. The average molecular weight is 335 g/mol. The molecule has 2 nitrogen and oxygen atoms in total. The molecule has 0 bridgehead atoms. The van der Waals surface area contributed by atoms with Crippen molar-refractivity contribution in [3.8, 4) is 0 Å². The van der Waals surface area contributed by atoms with E-state index in [4.69, 9.17) is 5.73 Å². The molecule has 0 aliphatic carbocycles. The predicted molar refractivity (Wildman–Crippen MR) is 84.0 cm³/mol. The van der Waals surface area contributed by atoms with E-state index in [1.54, 1.807) is 6.07 Å². The van der Waals surface area contributed by atoms with Gasteiger partial charge in [-0.25, -0.2) is 4.39 Å². The molecule has 0 atom stereocenters. The lowest BCUT2D eigenvalue weighted by atomic mass is 10.1. The van der Waals surface area contributed by atoms with Crippen LogP contribution in [-0.4, -0.2) is 13.1 Å². The Labute approximate surface area is 126 Å². The molecule has 1 aliphatic rings. The minimum atomic E-state index is -0.187. The van der Waals surface area contributed by atoms with Crippen LogP contribution < -0.4 is 10.6 Å². The summed E-state index contributed by atoms with van der Waals surface area (Å²) in [6.07, 6.45) is 1.77. The number of hydrogen-bond donors (Lipinski definition) is 1. The summed E-state index contributed by atoms with van der Waals surface area (Å²) in [4.78, 5) is 2.19. The molecule has 0 fully saturated rings. The molecule has 2 aromatic carbocycles. The van der Waals surface area contributed by atoms with E-state index in [2.05, 4.69) is 33.0 Å². The molecule has 0 amide bonds. The lowest BCUT2D eigenvalue weighted by Gasteiger charge is -2.23. The predicted octanol–water partition coefficient (Wildman–Crippen LogP) is 3.78. The van der Waals surface area contributed by atoms with Crippen molar-refractivity contribution in [3.63, 3.8) is 0 Å². The molecule has 1 heterocycles. The second kappa shape index (κ2) is 5.54.